The fourth-order valence-electron chi connectivity index (χ4n) is 5.90. The highest BCUT2D eigenvalue weighted by Gasteiger charge is 2.15. The van der Waals surface area contributed by atoms with Gasteiger partial charge in [0.15, 0.2) is 0 Å². The van der Waals surface area contributed by atoms with Crippen molar-refractivity contribution in [2.24, 2.45) is 0 Å². The van der Waals surface area contributed by atoms with Crippen LogP contribution >= 0.6 is 11.8 Å². The number of benzene rings is 6. The monoisotopic (exact) mass is 950 g/mol. The highest BCUT2D eigenvalue weighted by atomic mass is 32.2. The molecule has 6 aromatic rings. The maximum atomic E-state index is 12.9. The van der Waals surface area contributed by atoms with Crippen molar-refractivity contribution >= 4 is 47.6 Å². The van der Waals surface area contributed by atoms with Crippen LogP contribution in [-0.4, -0.2) is 62.2 Å². The molecule has 6 aromatic carbocycles. The summed E-state index contributed by atoms with van der Waals surface area (Å²) < 4.78 is 43.2. The summed E-state index contributed by atoms with van der Waals surface area (Å²) in [5.41, 5.74) is 1.15. The highest BCUT2D eigenvalue weighted by molar-refractivity contribution is 7.99. The van der Waals surface area contributed by atoms with Gasteiger partial charge in [-0.1, -0.05) is 24.9 Å². The summed E-state index contributed by atoms with van der Waals surface area (Å²) in [6, 6.07) is 38.9. The lowest BCUT2D eigenvalue weighted by molar-refractivity contribution is -0.138. The van der Waals surface area contributed by atoms with Gasteiger partial charge >= 0.3 is 35.8 Å². The predicted molar refractivity (Wildman–Crippen MR) is 254 cm³/mol. The maximum Gasteiger partial charge on any atom is 0.343 e. The van der Waals surface area contributed by atoms with E-state index in [4.69, 9.17) is 37.9 Å². The molecule has 0 saturated carbocycles. The molecule has 352 valence electrons. The second-order valence-electron chi connectivity index (χ2n) is 14.6. The summed E-state index contributed by atoms with van der Waals surface area (Å²) in [6.07, 6.45) is 4.87. The number of rotatable bonds is 24. The highest BCUT2D eigenvalue weighted by Crippen LogP contribution is 2.31. The molecular formula is C54H46O14S. The van der Waals surface area contributed by atoms with E-state index in [0.29, 0.717) is 73.0 Å². The van der Waals surface area contributed by atoms with Gasteiger partial charge in [-0.25, -0.2) is 28.8 Å². The Kier molecular flexibility index (Phi) is 18.9. The molecule has 15 heteroatoms. The van der Waals surface area contributed by atoms with Crippen molar-refractivity contribution in [1.82, 2.24) is 0 Å². The molecule has 14 nitrogen and oxygen atoms in total. The van der Waals surface area contributed by atoms with Gasteiger partial charge in [0.25, 0.3) is 0 Å². The first kappa shape index (κ1) is 50.0. The van der Waals surface area contributed by atoms with Crippen LogP contribution in [0.2, 0.25) is 0 Å². The fourth-order valence-corrected chi connectivity index (χ4v) is 6.71. The van der Waals surface area contributed by atoms with Gasteiger partial charge in [0, 0.05) is 21.9 Å². The van der Waals surface area contributed by atoms with Gasteiger partial charge in [0.1, 0.15) is 34.5 Å². The van der Waals surface area contributed by atoms with Crippen LogP contribution in [0.5, 0.6) is 34.5 Å². The van der Waals surface area contributed by atoms with Crippen LogP contribution in [0.1, 0.15) is 67.1 Å². The lowest BCUT2D eigenvalue weighted by Gasteiger charge is -2.09. The van der Waals surface area contributed by atoms with Crippen molar-refractivity contribution < 1.29 is 66.7 Å². The standard InChI is InChI=1S/C54H46O14S/c1-3-49(55)63-35-7-5-33-61-41-17-9-37(10-18-41)51(57)65-43-21-13-39(14-22-43)53(59)67-45-25-29-47(30-26-45)69-48-31-27-46(28-32-48)68-54(60)40-15-23-44(24-16-40)66-52(58)38-11-19-42(20-12-38)62-34-6-8-36-64-50(56)4-2/h3-4,9-32H,1-2,5-8,33-36H2. The molecule has 0 amide bonds. The van der Waals surface area contributed by atoms with Crippen LogP contribution in [0.15, 0.2) is 181 Å². The van der Waals surface area contributed by atoms with Gasteiger partial charge in [-0.2, -0.15) is 0 Å². The van der Waals surface area contributed by atoms with Gasteiger partial charge in [0.2, 0.25) is 0 Å². The average Bonchev–Trinajstić information content (AvgIpc) is 3.37. The molecule has 0 bridgehead atoms. The molecule has 0 saturated heterocycles. The molecule has 69 heavy (non-hydrogen) atoms. The number of hydrogen-bond acceptors (Lipinski definition) is 15. The first-order chi connectivity index (χ1) is 33.5. The van der Waals surface area contributed by atoms with E-state index >= 15 is 0 Å². The summed E-state index contributed by atoms with van der Waals surface area (Å²) in [5.74, 6) is -0.939. The molecule has 6 rings (SSSR count). The third kappa shape index (κ3) is 16.4. The lowest BCUT2D eigenvalue weighted by atomic mass is 10.2. The summed E-state index contributed by atoms with van der Waals surface area (Å²) in [5, 5.41) is 0. The van der Waals surface area contributed by atoms with Crippen molar-refractivity contribution in [3.63, 3.8) is 0 Å². The van der Waals surface area contributed by atoms with Crippen molar-refractivity contribution in [1.29, 1.82) is 0 Å². The summed E-state index contributed by atoms with van der Waals surface area (Å²) >= 11 is 1.45. The molecule has 0 aliphatic heterocycles. The summed E-state index contributed by atoms with van der Waals surface area (Å²) in [7, 11) is 0. The summed E-state index contributed by atoms with van der Waals surface area (Å²) in [4.78, 5) is 75.1. The molecule has 0 fully saturated rings. The average molecular weight is 951 g/mol. The number of unbranched alkanes of at least 4 members (excludes halogenated alkanes) is 2. The molecule has 0 aliphatic carbocycles. The minimum Gasteiger partial charge on any atom is -0.494 e. The van der Waals surface area contributed by atoms with Crippen molar-refractivity contribution in [2.75, 3.05) is 26.4 Å². The van der Waals surface area contributed by atoms with Crippen molar-refractivity contribution in [3.05, 3.63) is 193 Å². The van der Waals surface area contributed by atoms with Crippen molar-refractivity contribution in [2.45, 2.75) is 35.5 Å². The second kappa shape index (κ2) is 26.0. The van der Waals surface area contributed by atoms with Gasteiger partial charge < -0.3 is 37.9 Å². The Balaban J connectivity index is 0.881. The molecular weight excluding hydrogens is 905 g/mol. The number of hydrogen-bond donors (Lipinski definition) is 0. The third-order valence-electron chi connectivity index (χ3n) is 9.52. The Hall–Kier alpha value is -8.43. The van der Waals surface area contributed by atoms with Gasteiger partial charge in [0.05, 0.1) is 48.7 Å². The molecule has 0 spiro atoms. The van der Waals surface area contributed by atoms with E-state index < -0.39 is 35.8 Å². The maximum absolute atomic E-state index is 12.9. The zero-order valence-corrected chi connectivity index (χ0v) is 38.0. The number of esters is 6. The Morgan fingerprint density at radius 1 is 0.348 bits per heavy atom. The molecule has 0 heterocycles. The Labute approximate surface area is 402 Å². The minimum atomic E-state index is -0.590. The van der Waals surface area contributed by atoms with Crippen LogP contribution in [0, 0.1) is 0 Å². The quantitative estimate of drug-likeness (QED) is 0.0242. The van der Waals surface area contributed by atoms with E-state index in [9.17, 15) is 28.8 Å². The molecule has 0 unspecified atom stereocenters. The Bertz CT molecular complexity index is 2510. The lowest BCUT2D eigenvalue weighted by Crippen LogP contribution is -2.10. The first-order valence-corrected chi connectivity index (χ1v) is 22.4. The topological polar surface area (TPSA) is 176 Å². The van der Waals surface area contributed by atoms with Crippen LogP contribution in [-0.2, 0) is 19.1 Å². The van der Waals surface area contributed by atoms with E-state index in [0.717, 1.165) is 21.9 Å². The normalized spacial score (nSPS) is 10.4. The third-order valence-corrected chi connectivity index (χ3v) is 10.5. The second-order valence-corrected chi connectivity index (χ2v) is 15.7. The van der Waals surface area contributed by atoms with E-state index in [1.165, 1.54) is 60.3 Å². The Morgan fingerprint density at radius 3 is 0.870 bits per heavy atom. The predicted octanol–water partition coefficient (Wildman–Crippen LogP) is 10.5. The molecule has 0 radical (unpaired) electrons. The van der Waals surface area contributed by atoms with Gasteiger partial charge in [-0.3, -0.25) is 0 Å². The Morgan fingerprint density at radius 2 is 0.594 bits per heavy atom. The van der Waals surface area contributed by atoms with Crippen LogP contribution in [0.25, 0.3) is 0 Å². The zero-order chi connectivity index (χ0) is 48.8. The first-order valence-electron chi connectivity index (χ1n) is 21.6. The van der Waals surface area contributed by atoms with Crippen LogP contribution in [0.3, 0.4) is 0 Å². The van der Waals surface area contributed by atoms with Crippen LogP contribution < -0.4 is 28.4 Å². The molecule has 0 atom stereocenters. The molecule has 0 N–H and O–H groups in total. The minimum absolute atomic E-state index is 0.248. The van der Waals surface area contributed by atoms with E-state index in [2.05, 4.69) is 13.2 Å². The number of ether oxygens (including phenoxy) is 8. The van der Waals surface area contributed by atoms with E-state index in [-0.39, 0.29) is 35.8 Å². The van der Waals surface area contributed by atoms with Crippen LogP contribution in [0.4, 0.5) is 0 Å². The smallest absolute Gasteiger partial charge is 0.343 e. The number of carbonyl (C=O) groups excluding carboxylic acids is 6. The van der Waals surface area contributed by atoms with Crippen molar-refractivity contribution in [3.8, 4) is 34.5 Å². The number of carbonyl (C=O) groups is 6. The fraction of sp³-hybridized carbons (Fsp3) is 0.148. The largest absolute Gasteiger partial charge is 0.494 e. The van der Waals surface area contributed by atoms with E-state index in [1.807, 2.05) is 0 Å². The van der Waals surface area contributed by atoms with Gasteiger partial charge in [-0.15, -0.1) is 0 Å². The zero-order valence-electron chi connectivity index (χ0n) is 37.2. The molecule has 0 aliphatic rings. The molecule has 0 aromatic heterocycles. The summed E-state index contributed by atoms with van der Waals surface area (Å²) in [6.45, 7) is 8.10. The SMILES string of the molecule is C=CC(=O)OCCCCOc1ccc(C(=O)Oc2ccc(C(=O)Oc3ccc(Sc4ccc(OC(=O)c5ccc(OC(=O)c6ccc(OCCCCOC(=O)C=C)cc6)cc5)cc4)cc3)cc2)cc1. The van der Waals surface area contributed by atoms with Gasteiger partial charge in [-0.05, 0) is 171 Å². The van der Waals surface area contributed by atoms with E-state index in [1.54, 1.807) is 97.1 Å².